The Labute approximate surface area is 175 Å². The van der Waals surface area contributed by atoms with Gasteiger partial charge in [0, 0.05) is 10.7 Å². The summed E-state index contributed by atoms with van der Waals surface area (Å²) in [6.45, 7) is 3.90. The highest BCUT2D eigenvalue weighted by Gasteiger charge is 2.30. The van der Waals surface area contributed by atoms with E-state index in [9.17, 15) is 9.90 Å². The van der Waals surface area contributed by atoms with E-state index >= 15 is 0 Å². The minimum absolute atomic E-state index is 0.0266. The zero-order valence-electron chi connectivity index (χ0n) is 16.5. The first kappa shape index (κ1) is 19.8. The lowest BCUT2D eigenvalue weighted by Gasteiger charge is -2.35. The Bertz CT molecular complexity index is 1040. The van der Waals surface area contributed by atoms with E-state index < -0.39 is 0 Å². The van der Waals surface area contributed by atoms with Crippen molar-refractivity contribution < 1.29 is 9.52 Å². The van der Waals surface area contributed by atoms with Gasteiger partial charge in [0.2, 0.25) is 0 Å². The van der Waals surface area contributed by atoms with Gasteiger partial charge in [0.25, 0.3) is 5.56 Å². The molecule has 0 amide bonds. The van der Waals surface area contributed by atoms with Gasteiger partial charge >= 0.3 is 0 Å². The third-order valence-electron chi connectivity index (χ3n) is 5.61. The van der Waals surface area contributed by atoms with Crippen LogP contribution in [0.5, 0.6) is 5.75 Å². The van der Waals surface area contributed by atoms with E-state index in [2.05, 4.69) is 4.90 Å². The average molecular weight is 413 g/mol. The molecule has 1 aliphatic rings. The van der Waals surface area contributed by atoms with Crippen LogP contribution in [0.4, 0.5) is 0 Å². The average Bonchev–Trinajstić information content (AvgIpc) is 3.22. The van der Waals surface area contributed by atoms with Crippen LogP contribution in [0, 0.1) is 6.92 Å². The van der Waals surface area contributed by atoms with Crippen LogP contribution in [0.1, 0.15) is 47.9 Å². The maximum absolute atomic E-state index is 13.6. The van der Waals surface area contributed by atoms with Gasteiger partial charge in [-0.05, 0) is 68.8 Å². The van der Waals surface area contributed by atoms with Gasteiger partial charge in [-0.15, -0.1) is 0 Å². The highest BCUT2D eigenvalue weighted by molar-refractivity contribution is 6.30. The van der Waals surface area contributed by atoms with E-state index in [1.54, 1.807) is 23.0 Å². The topological polar surface area (TPSA) is 58.6 Å². The molecule has 0 saturated carbocycles. The summed E-state index contributed by atoms with van der Waals surface area (Å²) in [5.74, 6) is 0.725. The van der Waals surface area contributed by atoms with E-state index in [4.69, 9.17) is 16.0 Å². The van der Waals surface area contributed by atoms with E-state index in [0.717, 1.165) is 31.5 Å². The number of aromatic hydroxyl groups is 1. The molecule has 1 fully saturated rings. The van der Waals surface area contributed by atoms with Crippen molar-refractivity contribution in [2.24, 2.45) is 0 Å². The summed E-state index contributed by atoms with van der Waals surface area (Å²) < 4.78 is 7.11. The Balaban J connectivity index is 1.86. The number of benzene rings is 1. The van der Waals surface area contributed by atoms with Crippen LogP contribution in [-0.4, -0.2) is 27.7 Å². The monoisotopic (exact) mass is 412 g/mol. The van der Waals surface area contributed by atoms with Crippen LogP contribution < -0.4 is 5.56 Å². The summed E-state index contributed by atoms with van der Waals surface area (Å²) in [4.78, 5) is 15.9. The third kappa shape index (κ3) is 4.11. The first-order valence-electron chi connectivity index (χ1n) is 10.00. The van der Waals surface area contributed by atoms with Crippen molar-refractivity contribution in [2.45, 2.75) is 38.8 Å². The molecule has 3 heterocycles. The summed E-state index contributed by atoms with van der Waals surface area (Å²) in [5, 5.41) is 11.5. The molecular weight excluding hydrogens is 388 g/mol. The number of aromatic nitrogens is 1. The standard InChI is InChI=1S/C23H25ClN2O3/c1-16-13-20(27)21(23(28)26(16)15-19-9-6-12-29-19)22(25-10-3-2-4-11-25)17-7-5-8-18(24)14-17/h5-9,12-14,22,27H,2-4,10-11,15H2,1H3/t22-/m1/s1. The Kier molecular flexibility index (Phi) is 5.79. The molecule has 1 saturated heterocycles. The second kappa shape index (κ2) is 8.47. The molecule has 1 aromatic carbocycles. The Morgan fingerprint density at radius 1 is 1.14 bits per heavy atom. The number of hydrogen-bond donors (Lipinski definition) is 1. The van der Waals surface area contributed by atoms with Crippen molar-refractivity contribution in [1.82, 2.24) is 9.47 Å². The lowest BCUT2D eigenvalue weighted by Crippen LogP contribution is -2.38. The van der Waals surface area contributed by atoms with Crippen molar-refractivity contribution in [1.29, 1.82) is 0 Å². The van der Waals surface area contributed by atoms with Gasteiger partial charge in [-0.1, -0.05) is 30.2 Å². The maximum Gasteiger partial charge on any atom is 0.260 e. The van der Waals surface area contributed by atoms with Crippen LogP contribution in [0.25, 0.3) is 0 Å². The fraction of sp³-hybridized carbons (Fsp3) is 0.348. The summed E-state index contributed by atoms with van der Waals surface area (Å²) in [7, 11) is 0. The SMILES string of the molecule is Cc1cc(O)c([C@@H](c2cccc(Cl)c2)N2CCCCC2)c(=O)n1Cc1ccco1. The lowest BCUT2D eigenvalue weighted by molar-refractivity contribution is 0.183. The predicted octanol–water partition coefficient (Wildman–Crippen LogP) is 4.73. The number of aryl methyl sites for hydroxylation is 1. The summed E-state index contributed by atoms with van der Waals surface area (Å²) >= 11 is 6.27. The lowest BCUT2D eigenvalue weighted by atomic mass is 9.94. The van der Waals surface area contributed by atoms with E-state index in [-0.39, 0.29) is 17.4 Å². The van der Waals surface area contributed by atoms with Gasteiger partial charge in [-0.25, -0.2) is 0 Å². The number of pyridine rings is 1. The zero-order valence-corrected chi connectivity index (χ0v) is 17.2. The van der Waals surface area contributed by atoms with Crippen molar-refractivity contribution in [3.63, 3.8) is 0 Å². The molecule has 4 rings (SSSR count). The number of rotatable bonds is 5. The second-order valence-electron chi connectivity index (χ2n) is 7.61. The quantitative estimate of drug-likeness (QED) is 0.658. The number of furan rings is 1. The number of halogens is 1. The highest BCUT2D eigenvalue weighted by atomic mass is 35.5. The fourth-order valence-electron chi connectivity index (χ4n) is 4.19. The number of nitrogens with zero attached hydrogens (tertiary/aromatic N) is 2. The molecule has 0 unspecified atom stereocenters. The Morgan fingerprint density at radius 3 is 2.62 bits per heavy atom. The first-order valence-corrected chi connectivity index (χ1v) is 10.4. The van der Waals surface area contributed by atoms with Gasteiger partial charge < -0.3 is 14.1 Å². The molecule has 152 valence electrons. The van der Waals surface area contributed by atoms with Gasteiger partial charge in [0.1, 0.15) is 11.5 Å². The summed E-state index contributed by atoms with van der Waals surface area (Å²) in [6, 6.07) is 12.5. The molecule has 2 aromatic heterocycles. The molecule has 0 bridgehead atoms. The largest absolute Gasteiger partial charge is 0.507 e. The van der Waals surface area contributed by atoms with Crippen molar-refractivity contribution >= 4 is 11.6 Å². The number of likely N-dealkylation sites (tertiary alicyclic amines) is 1. The minimum atomic E-state index is -0.343. The molecular formula is C23H25ClN2O3. The van der Waals surface area contributed by atoms with E-state index in [1.165, 1.54) is 6.42 Å². The van der Waals surface area contributed by atoms with Gasteiger partial charge in [0.15, 0.2) is 0 Å². The maximum atomic E-state index is 13.6. The Morgan fingerprint density at radius 2 is 1.93 bits per heavy atom. The summed E-state index contributed by atoms with van der Waals surface area (Å²) in [5.41, 5.74) is 1.80. The van der Waals surface area contributed by atoms with Crippen LogP contribution in [0.15, 0.2) is 57.9 Å². The minimum Gasteiger partial charge on any atom is -0.507 e. The van der Waals surface area contributed by atoms with Crippen LogP contribution >= 0.6 is 11.6 Å². The van der Waals surface area contributed by atoms with Crippen LogP contribution in [0.3, 0.4) is 0 Å². The molecule has 1 atom stereocenters. The smallest absolute Gasteiger partial charge is 0.260 e. The fourth-order valence-corrected chi connectivity index (χ4v) is 4.39. The third-order valence-corrected chi connectivity index (χ3v) is 5.85. The normalized spacial score (nSPS) is 16.1. The summed E-state index contributed by atoms with van der Waals surface area (Å²) in [6.07, 6.45) is 4.93. The van der Waals surface area contributed by atoms with Gasteiger partial charge in [0.05, 0.1) is 24.4 Å². The second-order valence-corrected chi connectivity index (χ2v) is 8.05. The van der Waals surface area contributed by atoms with Gasteiger partial charge in [-0.2, -0.15) is 0 Å². The van der Waals surface area contributed by atoms with E-state index in [1.807, 2.05) is 37.3 Å². The predicted molar refractivity (Wildman–Crippen MR) is 114 cm³/mol. The molecule has 1 N–H and O–H groups in total. The molecule has 0 aliphatic carbocycles. The molecule has 0 spiro atoms. The molecule has 1 aliphatic heterocycles. The zero-order chi connectivity index (χ0) is 20.4. The van der Waals surface area contributed by atoms with Crippen LogP contribution in [0.2, 0.25) is 5.02 Å². The molecule has 5 nitrogen and oxygen atoms in total. The van der Waals surface area contributed by atoms with Crippen LogP contribution in [-0.2, 0) is 6.54 Å². The van der Waals surface area contributed by atoms with Gasteiger partial charge in [-0.3, -0.25) is 9.69 Å². The molecule has 29 heavy (non-hydrogen) atoms. The molecule has 3 aromatic rings. The highest BCUT2D eigenvalue weighted by Crippen LogP contribution is 2.35. The Hall–Kier alpha value is -2.50. The van der Waals surface area contributed by atoms with Crippen molar-refractivity contribution in [3.05, 3.63) is 86.7 Å². The molecule has 6 heteroatoms. The first-order chi connectivity index (χ1) is 14.0. The number of piperidine rings is 1. The molecule has 0 radical (unpaired) electrons. The number of hydrogen-bond acceptors (Lipinski definition) is 4. The van der Waals surface area contributed by atoms with E-state index in [0.29, 0.717) is 28.6 Å². The van der Waals surface area contributed by atoms with Crippen molar-refractivity contribution in [2.75, 3.05) is 13.1 Å². The van der Waals surface area contributed by atoms with Crippen molar-refractivity contribution in [3.8, 4) is 5.75 Å².